The van der Waals surface area contributed by atoms with Crippen molar-refractivity contribution in [3.63, 3.8) is 0 Å². The molecule has 3 rings (SSSR count). The number of amides is 1. The molecule has 1 aromatic heterocycles. The maximum absolute atomic E-state index is 12.4. The van der Waals surface area contributed by atoms with Crippen molar-refractivity contribution >= 4 is 5.91 Å². The lowest BCUT2D eigenvalue weighted by molar-refractivity contribution is -0.121. The van der Waals surface area contributed by atoms with Gasteiger partial charge in [-0.2, -0.15) is 5.10 Å². The Labute approximate surface area is 190 Å². The van der Waals surface area contributed by atoms with Gasteiger partial charge < -0.3 is 14.8 Å². The Bertz CT molecular complexity index is 1030. The van der Waals surface area contributed by atoms with Crippen molar-refractivity contribution in [2.45, 2.75) is 47.0 Å². The molecule has 2 aromatic carbocycles. The molecular weight excluding hydrogens is 402 g/mol. The smallest absolute Gasteiger partial charge is 0.220 e. The van der Waals surface area contributed by atoms with E-state index in [0.717, 1.165) is 46.1 Å². The lowest BCUT2D eigenvalue weighted by Crippen LogP contribution is -2.26. The minimum Gasteiger partial charge on any atom is -0.490 e. The average Bonchev–Trinajstić information content (AvgIpc) is 3.08. The molecule has 0 saturated heterocycles. The average molecular weight is 436 g/mol. The summed E-state index contributed by atoms with van der Waals surface area (Å²) in [5.74, 6) is 1.55. The molecule has 0 atom stereocenters. The Balaban J connectivity index is 1.52. The summed E-state index contributed by atoms with van der Waals surface area (Å²) in [5.41, 5.74) is 5.33. The highest BCUT2D eigenvalue weighted by Gasteiger charge is 2.14. The minimum absolute atomic E-state index is 0.0484. The van der Waals surface area contributed by atoms with E-state index in [9.17, 15) is 4.79 Å². The van der Waals surface area contributed by atoms with E-state index in [1.807, 2.05) is 74.0 Å². The number of nitrogens with one attached hydrogen (secondary N) is 1. The molecule has 1 amide bonds. The van der Waals surface area contributed by atoms with Crippen molar-refractivity contribution < 1.29 is 14.3 Å². The summed E-state index contributed by atoms with van der Waals surface area (Å²) in [6, 6.07) is 16.0. The molecule has 0 radical (unpaired) electrons. The van der Waals surface area contributed by atoms with Crippen molar-refractivity contribution in [3.8, 4) is 17.2 Å². The fourth-order valence-electron chi connectivity index (χ4n) is 3.78. The molecule has 1 heterocycles. The summed E-state index contributed by atoms with van der Waals surface area (Å²) < 4.78 is 13.2. The number of carbonyl (C=O) groups is 1. The number of para-hydroxylation sites is 1. The predicted molar refractivity (Wildman–Crippen MR) is 127 cm³/mol. The molecule has 170 valence electrons. The maximum atomic E-state index is 12.4. The minimum atomic E-state index is 0.0484. The van der Waals surface area contributed by atoms with Gasteiger partial charge in [-0.3, -0.25) is 4.79 Å². The number of nitrogens with zero attached hydrogens (tertiary/aromatic N) is 2. The fraction of sp³-hybridized carbons (Fsp3) is 0.385. The molecule has 0 fully saturated rings. The second kappa shape index (κ2) is 11.4. The van der Waals surface area contributed by atoms with Crippen LogP contribution in [0.4, 0.5) is 0 Å². The highest BCUT2D eigenvalue weighted by molar-refractivity contribution is 5.76. The maximum Gasteiger partial charge on any atom is 0.220 e. The van der Waals surface area contributed by atoms with Crippen molar-refractivity contribution in [1.82, 2.24) is 15.1 Å². The largest absolute Gasteiger partial charge is 0.490 e. The topological polar surface area (TPSA) is 65.4 Å². The summed E-state index contributed by atoms with van der Waals surface area (Å²) >= 11 is 0. The first kappa shape index (κ1) is 23.4. The number of hydrogen-bond donors (Lipinski definition) is 1. The molecule has 0 saturated carbocycles. The fourth-order valence-corrected chi connectivity index (χ4v) is 3.78. The van der Waals surface area contributed by atoms with Gasteiger partial charge in [-0.25, -0.2) is 4.68 Å². The quantitative estimate of drug-likeness (QED) is 0.479. The number of benzene rings is 2. The normalized spacial score (nSPS) is 10.8. The van der Waals surface area contributed by atoms with Crippen LogP contribution < -0.4 is 14.8 Å². The Kier molecular flexibility index (Phi) is 8.31. The Morgan fingerprint density at radius 1 is 0.969 bits per heavy atom. The molecular formula is C26H33N3O3. The summed E-state index contributed by atoms with van der Waals surface area (Å²) in [6.07, 6.45) is 1.85. The predicted octanol–water partition coefficient (Wildman–Crippen LogP) is 4.58. The van der Waals surface area contributed by atoms with E-state index >= 15 is 0 Å². The van der Waals surface area contributed by atoms with Crippen molar-refractivity contribution in [3.05, 3.63) is 71.0 Å². The molecule has 32 heavy (non-hydrogen) atoms. The van der Waals surface area contributed by atoms with E-state index in [-0.39, 0.29) is 5.91 Å². The summed E-state index contributed by atoms with van der Waals surface area (Å²) in [6.45, 7) is 9.73. The summed E-state index contributed by atoms with van der Waals surface area (Å²) in [5, 5.41) is 7.70. The third kappa shape index (κ3) is 5.90. The number of aromatic nitrogens is 2. The first-order chi connectivity index (χ1) is 15.5. The van der Waals surface area contributed by atoms with Gasteiger partial charge in [0.2, 0.25) is 5.91 Å². The number of carbonyl (C=O) groups excluding carboxylic acids is 1. The van der Waals surface area contributed by atoms with Crippen LogP contribution in [-0.4, -0.2) is 35.4 Å². The molecule has 0 aliphatic carbocycles. The summed E-state index contributed by atoms with van der Waals surface area (Å²) in [4.78, 5) is 12.4. The second-order valence-corrected chi connectivity index (χ2v) is 7.64. The van der Waals surface area contributed by atoms with Crippen LogP contribution in [0, 0.1) is 13.8 Å². The Morgan fingerprint density at radius 3 is 2.41 bits per heavy atom. The molecule has 3 aromatic rings. The number of aryl methyl sites for hydroxylation is 1. The van der Waals surface area contributed by atoms with Gasteiger partial charge in [0.15, 0.2) is 11.5 Å². The molecule has 0 bridgehead atoms. The zero-order valence-corrected chi connectivity index (χ0v) is 19.5. The van der Waals surface area contributed by atoms with Crippen LogP contribution in [0.15, 0.2) is 48.5 Å². The monoisotopic (exact) mass is 435 g/mol. The molecule has 0 aliphatic heterocycles. The highest BCUT2D eigenvalue weighted by Crippen LogP contribution is 2.28. The van der Waals surface area contributed by atoms with Crippen LogP contribution in [0.25, 0.3) is 5.69 Å². The molecule has 0 aliphatic rings. The third-order valence-electron chi connectivity index (χ3n) is 5.39. The molecule has 6 heteroatoms. The first-order valence-corrected chi connectivity index (χ1v) is 11.3. The van der Waals surface area contributed by atoms with Gasteiger partial charge >= 0.3 is 0 Å². The lowest BCUT2D eigenvalue weighted by Gasteiger charge is -2.12. The van der Waals surface area contributed by atoms with Gasteiger partial charge in [0.1, 0.15) is 0 Å². The van der Waals surface area contributed by atoms with Crippen molar-refractivity contribution in [1.29, 1.82) is 0 Å². The van der Waals surface area contributed by atoms with Gasteiger partial charge in [-0.1, -0.05) is 24.3 Å². The van der Waals surface area contributed by atoms with E-state index in [0.29, 0.717) is 32.6 Å². The van der Waals surface area contributed by atoms with Crippen LogP contribution in [0.1, 0.15) is 42.8 Å². The van der Waals surface area contributed by atoms with Crippen LogP contribution in [0.3, 0.4) is 0 Å². The van der Waals surface area contributed by atoms with E-state index in [2.05, 4.69) is 17.3 Å². The van der Waals surface area contributed by atoms with Gasteiger partial charge in [-0.05, 0) is 75.9 Å². The number of rotatable bonds is 11. The highest BCUT2D eigenvalue weighted by atomic mass is 16.5. The van der Waals surface area contributed by atoms with Crippen LogP contribution in [0.5, 0.6) is 11.5 Å². The molecule has 0 unspecified atom stereocenters. The standard InChI is InChI=1S/C26H33N3O3/c1-5-31-24-14-12-21(18-25(24)32-6-2)16-17-27-26(30)15-13-23-19(3)28-29(20(23)4)22-10-8-7-9-11-22/h7-12,14,18H,5-6,13,15-17H2,1-4H3,(H,27,30). The van der Waals surface area contributed by atoms with E-state index in [1.54, 1.807) is 0 Å². The van der Waals surface area contributed by atoms with Crippen LogP contribution in [0.2, 0.25) is 0 Å². The van der Waals surface area contributed by atoms with Crippen molar-refractivity contribution in [2.75, 3.05) is 19.8 Å². The Hall–Kier alpha value is -3.28. The van der Waals surface area contributed by atoms with Gasteiger partial charge in [0.25, 0.3) is 0 Å². The Morgan fingerprint density at radius 2 is 1.69 bits per heavy atom. The van der Waals surface area contributed by atoms with Crippen LogP contribution in [-0.2, 0) is 17.6 Å². The number of ether oxygens (including phenoxy) is 2. The molecule has 6 nitrogen and oxygen atoms in total. The van der Waals surface area contributed by atoms with E-state index in [4.69, 9.17) is 9.47 Å². The summed E-state index contributed by atoms with van der Waals surface area (Å²) in [7, 11) is 0. The van der Waals surface area contributed by atoms with Crippen LogP contribution >= 0.6 is 0 Å². The second-order valence-electron chi connectivity index (χ2n) is 7.64. The van der Waals surface area contributed by atoms with Crippen molar-refractivity contribution in [2.24, 2.45) is 0 Å². The van der Waals surface area contributed by atoms with Gasteiger partial charge in [0.05, 0.1) is 24.6 Å². The van der Waals surface area contributed by atoms with E-state index < -0.39 is 0 Å². The molecule has 1 N–H and O–H groups in total. The van der Waals surface area contributed by atoms with Gasteiger partial charge in [-0.15, -0.1) is 0 Å². The third-order valence-corrected chi connectivity index (χ3v) is 5.39. The zero-order chi connectivity index (χ0) is 22.9. The van der Waals surface area contributed by atoms with E-state index in [1.165, 1.54) is 0 Å². The molecule has 0 spiro atoms. The zero-order valence-electron chi connectivity index (χ0n) is 19.5. The first-order valence-electron chi connectivity index (χ1n) is 11.3. The number of hydrogen-bond acceptors (Lipinski definition) is 4. The lowest BCUT2D eigenvalue weighted by atomic mass is 10.1. The SMILES string of the molecule is CCOc1ccc(CCNC(=O)CCc2c(C)nn(-c3ccccc3)c2C)cc1OCC. The van der Waals surface area contributed by atoms with Gasteiger partial charge in [0, 0.05) is 18.7 Å².